The molecule has 3 aromatic rings. The zero-order valence-electron chi connectivity index (χ0n) is 11.1. The second kappa shape index (κ2) is 5.47. The minimum absolute atomic E-state index is 0.372. The van der Waals surface area contributed by atoms with Crippen molar-refractivity contribution in [1.82, 2.24) is 9.55 Å². The number of hydrogen-bond acceptors (Lipinski definition) is 1. The van der Waals surface area contributed by atoms with Crippen LogP contribution in [0, 0.1) is 6.92 Å². The van der Waals surface area contributed by atoms with Crippen molar-refractivity contribution in [3.8, 4) is 0 Å². The molecule has 4 heteroatoms. The van der Waals surface area contributed by atoms with Gasteiger partial charge in [0.05, 0.1) is 21.9 Å². The van der Waals surface area contributed by atoms with Crippen molar-refractivity contribution in [2.45, 2.75) is 19.3 Å². The Labute approximate surface area is 128 Å². The van der Waals surface area contributed by atoms with Gasteiger partial charge in [0.15, 0.2) is 0 Å². The van der Waals surface area contributed by atoms with E-state index in [9.17, 15) is 0 Å². The highest BCUT2D eigenvalue weighted by Crippen LogP contribution is 2.26. The molecule has 0 saturated heterocycles. The summed E-state index contributed by atoms with van der Waals surface area (Å²) in [6, 6.07) is 14.1. The molecule has 0 fully saturated rings. The molecular weight excluding hydrogens is 291 g/mol. The molecule has 102 valence electrons. The Morgan fingerprint density at radius 2 is 1.90 bits per heavy atom. The lowest BCUT2D eigenvalue weighted by Crippen LogP contribution is -2.05. The molecule has 0 spiro atoms. The number of alkyl halides is 1. The van der Waals surface area contributed by atoms with Gasteiger partial charge in [-0.15, -0.1) is 11.6 Å². The van der Waals surface area contributed by atoms with Crippen molar-refractivity contribution in [2.75, 3.05) is 0 Å². The van der Waals surface area contributed by atoms with Gasteiger partial charge in [-0.05, 0) is 30.2 Å². The highest BCUT2D eigenvalue weighted by Gasteiger charge is 2.13. The predicted molar refractivity (Wildman–Crippen MR) is 84.6 cm³/mol. The molecule has 0 aliphatic rings. The Morgan fingerprint density at radius 1 is 1.10 bits per heavy atom. The van der Waals surface area contributed by atoms with Gasteiger partial charge in [0.1, 0.15) is 5.82 Å². The maximum Gasteiger partial charge on any atom is 0.125 e. The van der Waals surface area contributed by atoms with Crippen molar-refractivity contribution in [2.24, 2.45) is 0 Å². The summed E-state index contributed by atoms with van der Waals surface area (Å²) < 4.78 is 2.10. The first-order chi connectivity index (χ1) is 9.70. The van der Waals surface area contributed by atoms with Crippen molar-refractivity contribution in [3.63, 3.8) is 0 Å². The van der Waals surface area contributed by atoms with E-state index in [1.54, 1.807) is 0 Å². The summed E-state index contributed by atoms with van der Waals surface area (Å²) in [6.45, 7) is 2.84. The van der Waals surface area contributed by atoms with Gasteiger partial charge in [0.2, 0.25) is 0 Å². The van der Waals surface area contributed by atoms with E-state index in [4.69, 9.17) is 23.2 Å². The van der Waals surface area contributed by atoms with Crippen molar-refractivity contribution < 1.29 is 0 Å². The summed E-state index contributed by atoms with van der Waals surface area (Å²) in [5, 5.41) is 0.708. The van der Waals surface area contributed by atoms with Crippen LogP contribution in [0.5, 0.6) is 0 Å². The van der Waals surface area contributed by atoms with Gasteiger partial charge in [-0.2, -0.15) is 0 Å². The first-order valence-corrected chi connectivity index (χ1v) is 7.36. The quantitative estimate of drug-likeness (QED) is 0.636. The van der Waals surface area contributed by atoms with Crippen LogP contribution in [-0.2, 0) is 12.4 Å². The van der Waals surface area contributed by atoms with E-state index in [1.165, 1.54) is 11.1 Å². The number of hydrogen-bond donors (Lipinski definition) is 0. The monoisotopic (exact) mass is 304 g/mol. The molecule has 1 aromatic heterocycles. The van der Waals surface area contributed by atoms with Gasteiger partial charge in [0.25, 0.3) is 0 Å². The van der Waals surface area contributed by atoms with Gasteiger partial charge < -0.3 is 4.57 Å². The topological polar surface area (TPSA) is 17.8 Å². The summed E-state index contributed by atoms with van der Waals surface area (Å²) in [7, 11) is 0. The largest absolute Gasteiger partial charge is 0.321 e. The van der Waals surface area contributed by atoms with Crippen molar-refractivity contribution >= 4 is 34.2 Å². The fraction of sp³-hybridized carbons (Fsp3) is 0.188. The SMILES string of the molecule is Cc1ccccc1Cn1c(CCl)nc2cccc(Cl)c21. The lowest BCUT2D eigenvalue weighted by molar-refractivity contribution is 0.774. The van der Waals surface area contributed by atoms with Crippen LogP contribution in [0.4, 0.5) is 0 Å². The Hall–Kier alpha value is -1.51. The van der Waals surface area contributed by atoms with E-state index in [-0.39, 0.29) is 0 Å². The third-order valence-electron chi connectivity index (χ3n) is 3.51. The highest BCUT2D eigenvalue weighted by atomic mass is 35.5. The molecule has 0 atom stereocenters. The van der Waals surface area contributed by atoms with E-state index < -0.39 is 0 Å². The van der Waals surface area contributed by atoms with E-state index >= 15 is 0 Å². The van der Waals surface area contributed by atoms with Crippen molar-refractivity contribution in [1.29, 1.82) is 0 Å². The molecule has 3 rings (SSSR count). The Kier molecular flexibility index (Phi) is 3.68. The number of rotatable bonds is 3. The first-order valence-electron chi connectivity index (χ1n) is 6.45. The summed E-state index contributed by atoms with van der Waals surface area (Å²) in [4.78, 5) is 4.56. The lowest BCUT2D eigenvalue weighted by atomic mass is 10.1. The van der Waals surface area contributed by atoms with Gasteiger partial charge in [0, 0.05) is 6.54 Å². The third kappa shape index (κ3) is 2.30. The van der Waals surface area contributed by atoms with Gasteiger partial charge in [-0.3, -0.25) is 0 Å². The van der Waals surface area contributed by atoms with Crippen LogP contribution >= 0.6 is 23.2 Å². The molecule has 0 amide bonds. The molecular formula is C16H14Cl2N2. The molecule has 1 heterocycles. The second-order valence-corrected chi connectivity index (χ2v) is 5.46. The zero-order chi connectivity index (χ0) is 14.1. The number of benzene rings is 2. The maximum atomic E-state index is 6.33. The third-order valence-corrected chi connectivity index (χ3v) is 4.05. The van der Waals surface area contributed by atoms with Crippen LogP contribution in [0.15, 0.2) is 42.5 Å². The minimum atomic E-state index is 0.372. The number of aromatic nitrogens is 2. The molecule has 0 aliphatic carbocycles. The van der Waals surface area contributed by atoms with Crippen LogP contribution < -0.4 is 0 Å². The average molecular weight is 305 g/mol. The van der Waals surface area contributed by atoms with Gasteiger partial charge >= 0.3 is 0 Å². The number of imidazole rings is 1. The maximum absolute atomic E-state index is 6.33. The standard InChI is InChI=1S/C16H14Cl2N2/c1-11-5-2-3-6-12(11)10-20-15(9-17)19-14-8-4-7-13(18)16(14)20/h2-8H,9-10H2,1H3. The normalized spacial score (nSPS) is 11.2. The lowest BCUT2D eigenvalue weighted by Gasteiger charge is -2.11. The Balaban J connectivity index is 2.17. The molecule has 0 N–H and O–H groups in total. The van der Waals surface area contributed by atoms with Crippen molar-refractivity contribution in [3.05, 3.63) is 64.4 Å². The number of nitrogens with zero attached hydrogens (tertiary/aromatic N) is 2. The smallest absolute Gasteiger partial charge is 0.125 e. The molecule has 0 radical (unpaired) electrons. The number of halogens is 2. The molecule has 2 nitrogen and oxygen atoms in total. The van der Waals surface area contributed by atoms with E-state index in [1.807, 2.05) is 30.3 Å². The van der Waals surface area contributed by atoms with Crippen LogP contribution in [-0.4, -0.2) is 9.55 Å². The minimum Gasteiger partial charge on any atom is -0.321 e. The number of aryl methyl sites for hydroxylation is 1. The molecule has 0 bridgehead atoms. The van der Waals surface area contributed by atoms with E-state index in [0.29, 0.717) is 10.9 Å². The van der Waals surface area contributed by atoms with E-state index in [2.05, 4.69) is 28.6 Å². The van der Waals surface area contributed by atoms with E-state index in [0.717, 1.165) is 23.4 Å². The Bertz CT molecular complexity index is 762. The molecule has 0 unspecified atom stereocenters. The van der Waals surface area contributed by atoms with Crippen LogP contribution in [0.1, 0.15) is 17.0 Å². The van der Waals surface area contributed by atoms with Crippen LogP contribution in [0.2, 0.25) is 5.02 Å². The van der Waals surface area contributed by atoms with Crippen LogP contribution in [0.25, 0.3) is 11.0 Å². The predicted octanol–water partition coefficient (Wildman–Crippen LogP) is 4.79. The molecule has 0 saturated carbocycles. The summed E-state index contributed by atoms with van der Waals surface area (Å²) in [5.41, 5.74) is 4.34. The summed E-state index contributed by atoms with van der Waals surface area (Å²) in [5.74, 6) is 1.22. The zero-order valence-corrected chi connectivity index (χ0v) is 12.6. The average Bonchev–Trinajstić information content (AvgIpc) is 2.81. The Morgan fingerprint density at radius 3 is 2.65 bits per heavy atom. The highest BCUT2D eigenvalue weighted by molar-refractivity contribution is 6.35. The van der Waals surface area contributed by atoms with Gasteiger partial charge in [-0.25, -0.2) is 4.98 Å². The summed E-state index contributed by atoms with van der Waals surface area (Å²) in [6.07, 6.45) is 0. The number of fused-ring (bicyclic) bond motifs is 1. The fourth-order valence-corrected chi connectivity index (χ4v) is 2.90. The fourth-order valence-electron chi connectivity index (χ4n) is 2.42. The second-order valence-electron chi connectivity index (χ2n) is 4.78. The summed E-state index contributed by atoms with van der Waals surface area (Å²) >= 11 is 12.4. The van der Waals surface area contributed by atoms with Crippen LogP contribution in [0.3, 0.4) is 0 Å². The first kappa shape index (κ1) is 13.5. The molecule has 2 aromatic carbocycles. The number of para-hydroxylation sites is 1. The van der Waals surface area contributed by atoms with Gasteiger partial charge in [-0.1, -0.05) is 41.9 Å². The molecule has 20 heavy (non-hydrogen) atoms. The molecule has 0 aliphatic heterocycles.